The highest BCUT2D eigenvalue weighted by atomic mass is 35.5. The number of pyridine rings is 1. The molecule has 1 rings (SSSR count). The number of hydrogen-bond acceptors (Lipinski definition) is 3. The van der Waals surface area contributed by atoms with Crippen LogP contribution in [0.4, 0.5) is 0 Å². The Bertz CT molecular complexity index is 374. The normalized spacial score (nSPS) is 10.5. The first-order valence-corrected chi connectivity index (χ1v) is 4.39. The maximum Gasteiger partial charge on any atom is 0.330 e. The van der Waals surface area contributed by atoms with Gasteiger partial charge in [-0.2, -0.15) is 0 Å². The molecule has 0 N–H and O–H groups in total. The molecule has 0 amide bonds. The maximum atomic E-state index is 10.8. The highest BCUT2D eigenvalue weighted by Crippen LogP contribution is 2.15. The Morgan fingerprint density at radius 2 is 2.36 bits per heavy atom. The fraction of sp³-hybridized carbons (Fsp3) is 0.200. The Hall–Kier alpha value is -1.35. The van der Waals surface area contributed by atoms with Crippen molar-refractivity contribution in [3.05, 3.63) is 34.6 Å². The third-order valence-corrected chi connectivity index (χ3v) is 1.92. The van der Waals surface area contributed by atoms with Gasteiger partial charge >= 0.3 is 5.97 Å². The average Bonchev–Trinajstić information content (AvgIpc) is 2.19. The van der Waals surface area contributed by atoms with Crippen molar-refractivity contribution in [2.45, 2.75) is 6.92 Å². The van der Waals surface area contributed by atoms with Crippen LogP contribution >= 0.6 is 11.6 Å². The van der Waals surface area contributed by atoms with E-state index in [-0.39, 0.29) is 0 Å². The topological polar surface area (TPSA) is 39.2 Å². The number of carbonyl (C=O) groups excluding carboxylic acids is 1. The number of nitrogens with zero attached hydrogens (tertiary/aromatic N) is 1. The number of esters is 1. The highest BCUT2D eigenvalue weighted by molar-refractivity contribution is 6.30. The summed E-state index contributed by atoms with van der Waals surface area (Å²) in [5, 5.41) is 0.371. The molecule has 1 aromatic heterocycles. The molecule has 0 atom stereocenters. The summed E-state index contributed by atoms with van der Waals surface area (Å²) in [6.07, 6.45) is 4.55. The lowest BCUT2D eigenvalue weighted by atomic mass is 10.2. The van der Waals surface area contributed by atoms with Crippen molar-refractivity contribution in [2.24, 2.45) is 0 Å². The third-order valence-electron chi connectivity index (χ3n) is 1.60. The first-order valence-electron chi connectivity index (χ1n) is 4.01. The van der Waals surface area contributed by atoms with Gasteiger partial charge in [0.2, 0.25) is 0 Å². The zero-order valence-electron chi connectivity index (χ0n) is 7.95. The van der Waals surface area contributed by atoms with E-state index in [2.05, 4.69) is 9.72 Å². The van der Waals surface area contributed by atoms with E-state index in [9.17, 15) is 4.79 Å². The predicted molar refractivity (Wildman–Crippen MR) is 55.0 cm³/mol. The number of carbonyl (C=O) groups is 1. The monoisotopic (exact) mass is 211 g/mol. The Balaban J connectivity index is 2.90. The number of hydrogen-bond donors (Lipinski definition) is 0. The van der Waals surface area contributed by atoms with Crippen LogP contribution in [-0.2, 0) is 9.53 Å². The van der Waals surface area contributed by atoms with Gasteiger partial charge in [0.05, 0.1) is 7.11 Å². The molecule has 3 nitrogen and oxygen atoms in total. The van der Waals surface area contributed by atoms with Crippen LogP contribution in [0.1, 0.15) is 11.1 Å². The van der Waals surface area contributed by atoms with Crippen LogP contribution in [0.15, 0.2) is 18.3 Å². The second-order valence-electron chi connectivity index (χ2n) is 2.75. The molecule has 74 valence electrons. The van der Waals surface area contributed by atoms with Crippen molar-refractivity contribution in [1.29, 1.82) is 0 Å². The van der Waals surface area contributed by atoms with E-state index < -0.39 is 5.97 Å². The first kappa shape index (κ1) is 10.7. The highest BCUT2D eigenvalue weighted by Gasteiger charge is 1.99. The van der Waals surface area contributed by atoms with Gasteiger partial charge in [-0.05, 0) is 24.6 Å². The average molecular weight is 212 g/mol. The Labute approximate surface area is 87.4 Å². The van der Waals surface area contributed by atoms with Crippen LogP contribution < -0.4 is 0 Å². The van der Waals surface area contributed by atoms with Crippen molar-refractivity contribution in [3.8, 4) is 0 Å². The van der Waals surface area contributed by atoms with Crippen LogP contribution in [0.3, 0.4) is 0 Å². The van der Waals surface area contributed by atoms with Crippen LogP contribution in [0.2, 0.25) is 5.15 Å². The number of methoxy groups -OCH3 is 1. The molecule has 0 radical (unpaired) electrons. The van der Waals surface area contributed by atoms with Gasteiger partial charge in [-0.25, -0.2) is 9.78 Å². The zero-order valence-corrected chi connectivity index (χ0v) is 8.71. The lowest BCUT2D eigenvalue weighted by Crippen LogP contribution is -1.93. The summed E-state index contributed by atoms with van der Waals surface area (Å²) in [6, 6.07) is 1.84. The van der Waals surface area contributed by atoms with Crippen molar-refractivity contribution in [2.75, 3.05) is 7.11 Å². The Kier molecular flexibility index (Phi) is 3.65. The Morgan fingerprint density at radius 1 is 1.64 bits per heavy atom. The van der Waals surface area contributed by atoms with Crippen molar-refractivity contribution in [3.63, 3.8) is 0 Å². The minimum atomic E-state index is -0.414. The lowest BCUT2D eigenvalue weighted by molar-refractivity contribution is -0.134. The molecule has 0 saturated carbocycles. The van der Waals surface area contributed by atoms with E-state index >= 15 is 0 Å². The van der Waals surface area contributed by atoms with Crippen molar-refractivity contribution >= 4 is 23.6 Å². The van der Waals surface area contributed by atoms with E-state index in [1.54, 1.807) is 12.3 Å². The van der Waals surface area contributed by atoms with Crippen LogP contribution in [0.25, 0.3) is 6.08 Å². The third kappa shape index (κ3) is 2.85. The summed E-state index contributed by atoms with van der Waals surface area (Å²) in [7, 11) is 1.32. The first-order chi connectivity index (χ1) is 6.63. The molecule has 4 heteroatoms. The van der Waals surface area contributed by atoms with Gasteiger partial charge in [-0.3, -0.25) is 0 Å². The summed E-state index contributed by atoms with van der Waals surface area (Å²) in [5.74, 6) is -0.414. The van der Waals surface area contributed by atoms with E-state index in [0.29, 0.717) is 10.7 Å². The molecule has 0 aliphatic heterocycles. The van der Waals surface area contributed by atoms with Gasteiger partial charge in [0, 0.05) is 17.8 Å². The molecule has 0 fully saturated rings. The second-order valence-corrected chi connectivity index (χ2v) is 3.11. The number of aromatic nitrogens is 1. The standard InChI is InChI=1S/C10H10ClNO2/c1-7-5-8(10(11)12-6-7)3-4-9(13)14-2/h3-6H,1-2H3. The smallest absolute Gasteiger partial charge is 0.330 e. The van der Waals surface area contributed by atoms with Crippen molar-refractivity contribution in [1.82, 2.24) is 4.98 Å². The van der Waals surface area contributed by atoms with E-state index in [0.717, 1.165) is 5.56 Å². The number of aryl methyl sites for hydroxylation is 1. The fourth-order valence-electron chi connectivity index (χ4n) is 0.918. The number of rotatable bonds is 2. The molecule has 0 aliphatic carbocycles. The van der Waals surface area contributed by atoms with Gasteiger partial charge in [0.15, 0.2) is 0 Å². The molecular weight excluding hydrogens is 202 g/mol. The molecule has 0 spiro atoms. The van der Waals surface area contributed by atoms with Gasteiger partial charge in [0.25, 0.3) is 0 Å². The molecular formula is C10H10ClNO2. The molecule has 0 aliphatic rings. The van der Waals surface area contributed by atoms with Crippen LogP contribution in [0.5, 0.6) is 0 Å². The van der Waals surface area contributed by atoms with Gasteiger partial charge in [-0.15, -0.1) is 0 Å². The quantitative estimate of drug-likeness (QED) is 0.428. The molecule has 0 saturated heterocycles. The van der Waals surface area contributed by atoms with Crippen molar-refractivity contribution < 1.29 is 9.53 Å². The van der Waals surface area contributed by atoms with Crippen LogP contribution in [-0.4, -0.2) is 18.1 Å². The van der Waals surface area contributed by atoms with E-state index in [1.807, 2.05) is 13.0 Å². The molecule has 14 heavy (non-hydrogen) atoms. The van der Waals surface area contributed by atoms with Gasteiger partial charge in [-0.1, -0.05) is 11.6 Å². The van der Waals surface area contributed by atoms with Gasteiger partial charge in [0.1, 0.15) is 5.15 Å². The SMILES string of the molecule is COC(=O)C=Cc1cc(C)cnc1Cl. The number of halogens is 1. The fourth-order valence-corrected chi connectivity index (χ4v) is 1.08. The number of ether oxygens (including phenoxy) is 1. The van der Waals surface area contributed by atoms with E-state index in [4.69, 9.17) is 11.6 Å². The summed E-state index contributed by atoms with van der Waals surface area (Å²) >= 11 is 5.81. The van der Waals surface area contributed by atoms with E-state index in [1.165, 1.54) is 13.2 Å². The summed E-state index contributed by atoms with van der Waals surface area (Å²) in [4.78, 5) is 14.8. The van der Waals surface area contributed by atoms with Gasteiger partial charge < -0.3 is 4.74 Å². The summed E-state index contributed by atoms with van der Waals surface area (Å²) < 4.78 is 4.45. The second kappa shape index (κ2) is 4.77. The minimum Gasteiger partial charge on any atom is -0.466 e. The Morgan fingerprint density at radius 3 is 3.00 bits per heavy atom. The zero-order chi connectivity index (χ0) is 10.6. The van der Waals surface area contributed by atoms with Crippen LogP contribution in [0, 0.1) is 6.92 Å². The molecule has 0 aromatic carbocycles. The lowest BCUT2D eigenvalue weighted by Gasteiger charge is -1.98. The summed E-state index contributed by atoms with van der Waals surface area (Å²) in [6.45, 7) is 1.90. The summed E-state index contributed by atoms with van der Waals surface area (Å²) in [5.41, 5.74) is 1.69. The molecule has 1 aromatic rings. The molecule has 0 unspecified atom stereocenters. The minimum absolute atomic E-state index is 0.371. The largest absolute Gasteiger partial charge is 0.466 e. The molecule has 0 bridgehead atoms. The predicted octanol–water partition coefficient (Wildman–Crippen LogP) is 2.23. The molecule has 1 heterocycles. The maximum absolute atomic E-state index is 10.8.